The molecule has 1 atom stereocenters. The summed E-state index contributed by atoms with van der Waals surface area (Å²) in [4.78, 5) is 4.15. The van der Waals surface area contributed by atoms with Crippen LogP contribution in [-0.4, -0.2) is 11.6 Å². The molecule has 4 nitrogen and oxygen atoms in total. The van der Waals surface area contributed by atoms with Gasteiger partial charge in [-0.15, -0.1) is 0 Å². The van der Waals surface area contributed by atoms with E-state index in [4.69, 9.17) is 22.2 Å². The van der Waals surface area contributed by atoms with Gasteiger partial charge in [-0.3, -0.25) is 10.8 Å². The third kappa shape index (κ3) is 3.92. The van der Waals surface area contributed by atoms with Gasteiger partial charge in [0.15, 0.2) is 0 Å². The molecule has 0 amide bonds. The molecule has 0 saturated carbocycles. The lowest BCUT2D eigenvalue weighted by Crippen LogP contribution is -2.32. The second-order valence-electron chi connectivity index (χ2n) is 4.28. The van der Waals surface area contributed by atoms with Crippen LogP contribution in [-0.2, 0) is 0 Å². The van der Waals surface area contributed by atoms with Crippen molar-refractivity contribution < 1.29 is 4.74 Å². The number of ether oxygens (including phenoxy) is 1. The van der Waals surface area contributed by atoms with E-state index in [1.807, 2.05) is 25.1 Å². The average Bonchev–Trinajstić information content (AvgIpc) is 2.42. The van der Waals surface area contributed by atoms with Crippen LogP contribution in [0.15, 0.2) is 42.7 Å². The van der Waals surface area contributed by atoms with Crippen molar-refractivity contribution in [3.05, 3.63) is 58.9 Å². The van der Waals surface area contributed by atoms with E-state index in [0.717, 1.165) is 16.9 Å². The van der Waals surface area contributed by atoms with Gasteiger partial charge in [-0.1, -0.05) is 17.7 Å². The molecule has 0 saturated heterocycles. The smallest absolute Gasteiger partial charge is 0.119 e. The largest absolute Gasteiger partial charge is 0.492 e. The van der Waals surface area contributed by atoms with Crippen LogP contribution in [0, 0.1) is 6.92 Å². The molecule has 19 heavy (non-hydrogen) atoms. The fourth-order valence-corrected chi connectivity index (χ4v) is 1.85. The fourth-order valence-electron chi connectivity index (χ4n) is 1.72. The molecule has 2 rings (SSSR count). The first kappa shape index (κ1) is 13.8. The highest BCUT2D eigenvalue weighted by Gasteiger charge is 2.11. The predicted octanol–water partition coefficient (Wildman–Crippen LogP) is 2.63. The van der Waals surface area contributed by atoms with Gasteiger partial charge in [0.1, 0.15) is 12.4 Å². The van der Waals surface area contributed by atoms with Crippen molar-refractivity contribution >= 4 is 11.6 Å². The Morgan fingerprint density at radius 3 is 2.68 bits per heavy atom. The van der Waals surface area contributed by atoms with Crippen LogP contribution >= 0.6 is 11.6 Å². The highest BCUT2D eigenvalue weighted by Crippen LogP contribution is 2.18. The number of halogens is 1. The molecule has 2 aromatic rings. The Morgan fingerprint density at radius 1 is 1.32 bits per heavy atom. The molecular weight excluding hydrogens is 262 g/mol. The lowest BCUT2D eigenvalue weighted by atomic mass is 10.1. The van der Waals surface area contributed by atoms with Crippen LogP contribution in [0.1, 0.15) is 17.2 Å². The molecule has 100 valence electrons. The summed E-state index contributed by atoms with van der Waals surface area (Å²) in [5.74, 6) is 6.32. The number of nitrogens with zero attached hydrogens (tertiary/aromatic N) is 1. The van der Waals surface area contributed by atoms with Gasteiger partial charge in [0, 0.05) is 17.4 Å². The van der Waals surface area contributed by atoms with Gasteiger partial charge in [-0.2, -0.15) is 0 Å². The summed E-state index contributed by atoms with van der Waals surface area (Å²) in [6.07, 6.45) is 3.58. The minimum absolute atomic E-state index is 0.108. The summed E-state index contributed by atoms with van der Waals surface area (Å²) in [6, 6.07) is 9.15. The fraction of sp³-hybridized carbons (Fsp3) is 0.214. The molecule has 0 aliphatic rings. The molecule has 0 fully saturated rings. The topological polar surface area (TPSA) is 60.2 Å². The highest BCUT2D eigenvalue weighted by atomic mass is 35.5. The maximum Gasteiger partial charge on any atom is 0.119 e. The van der Waals surface area contributed by atoms with Crippen molar-refractivity contribution in [2.75, 3.05) is 6.61 Å². The van der Waals surface area contributed by atoms with Crippen LogP contribution in [0.3, 0.4) is 0 Å². The Morgan fingerprint density at radius 2 is 2.05 bits per heavy atom. The van der Waals surface area contributed by atoms with Crippen molar-refractivity contribution in [2.45, 2.75) is 13.0 Å². The zero-order valence-electron chi connectivity index (χ0n) is 10.6. The number of nitrogens with one attached hydrogen (secondary N) is 1. The van der Waals surface area contributed by atoms with Gasteiger partial charge >= 0.3 is 0 Å². The highest BCUT2D eigenvalue weighted by molar-refractivity contribution is 6.30. The zero-order valence-corrected chi connectivity index (χ0v) is 11.4. The Kier molecular flexibility index (Phi) is 4.74. The van der Waals surface area contributed by atoms with Crippen LogP contribution in [0.25, 0.3) is 0 Å². The van der Waals surface area contributed by atoms with Gasteiger partial charge in [0.05, 0.1) is 6.04 Å². The van der Waals surface area contributed by atoms with E-state index in [0.29, 0.717) is 11.6 Å². The molecule has 1 aromatic carbocycles. The van der Waals surface area contributed by atoms with E-state index in [1.165, 1.54) is 0 Å². The van der Waals surface area contributed by atoms with Gasteiger partial charge in [-0.25, -0.2) is 5.43 Å². The van der Waals surface area contributed by atoms with Crippen molar-refractivity contribution in [1.82, 2.24) is 10.4 Å². The van der Waals surface area contributed by atoms with E-state index in [9.17, 15) is 0 Å². The number of rotatable bonds is 5. The first-order chi connectivity index (χ1) is 9.19. The van der Waals surface area contributed by atoms with Crippen molar-refractivity contribution in [3.8, 4) is 5.75 Å². The number of aryl methyl sites for hydroxylation is 1. The van der Waals surface area contributed by atoms with Crippen LogP contribution in [0.2, 0.25) is 5.02 Å². The Labute approximate surface area is 117 Å². The second-order valence-corrected chi connectivity index (χ2v) is 4.72. The normalized spacial score (nSPS) is 12.2. The van der Waals surface area contributed by atoms with Crippen molar-refractivity contribution in [2.24, 2.45) is 5.84 Å². The summed E-state index contributed by atoms with van der Waals surface area (Å²) in [5.41, 5.74) is 4.82. The Bertz CT molecular complexity index is 530. The predicted molar refractivity (Wildman–Crippen MR) is 76.0 cm³/mol. The molecule has 0 bridgehead atoms. The van der Waals surface area contributed by atoms with Crippen LogP contribution in [0.4, 0.5) is 0 Å². The maximum absolute atomic E-state index is 5.82. The second kappa shape index (κ2) is 6.52. The maximum atomic E-state index is 5.82. The third-order valence-corrected chi connectivity index (χ3v) is 2.98. The lowest BCUT2D eigenvalue weighted by molar-refractivity contribution is 0.267. The summed E-state index contributed by atoms with van der Waals surface area (Å²) in [7, 11) is 0. The van der Waals surface area contributed by atoms with E-state index < -0.39 is 0 Å². The number of nitrogens with two attached hydrogens (primary N) is 1. The van der Waals surface area contributed by atoms with Crippen LogP contribution < -0.4 is 16.0 Å². The standard InChI is InChI=1S/C14H16ClN3O/c1-10-6-11(8-17-7-10)14(18-16)9-19-13-4-2-12(15)3-5-13/h2-8,14,18H,9,16H2,1H3. The number of hydrogen-bond donors (Lipinski definition) is 2. The first-order valence-corrected chi connectivity index (χ1v) is 6.33. The molecule has 1 heterocycles. The molecule has 1 unspecified atom stereocenters. The quantitative estimate of drug-likeness (QED) is 0.651. The number of aromatic nitrogens is 1. The summed E-state index contributed by atoms with van der Waals surface area (Å²) >= 11 is 5.82. The lowest BCUT2D eigenvalue weighted by Gasteiger charge is -2.17. The van der Waals surface area contributed by atoms with Gasteiger partial charge in [0.25, 0.3) is 0 Å². The minimum Gasteiger partial charge on any atom is -0.492 e. The van der Waals surface area contributed by atoms with Gasteiger partial charge in [0.2, 0.25) is 0 Å². The first-order valence-electron chi connectivity index (χ1n) is 5.95. The van der Waals surface area contributed by atoms with Crippen LogP contribution in [0.5, 0.6) is 5.75 Å². The molecule has 0 aliphatic carbocycles. The number of pyridine rings is 1. The van der Waals surface area contributed by atoms with E-state index in [-0.39, 0.29) is 6.04 Å². The molecule has 1 aromatic heterocycles. The van der Waals surface area contributed by atoms with E-state index >= 15 is 0 Å². The van der Waals surface area contributed by atoms with Gasteiger partial charge in [-0.05, 0) is 42.3 Å². The SMILES string of the molecule is Cc1cncc(C(COc2ccc(Cl)cc2)NN)c1. The minimum atomic E-state index is -0.108. The van der Waals surface area contributed by atoms with E-state index in [1.54, 1.807) is 24.5 Å². The Balaban J connectivity index is 2.01. The summed E-state index contributed by atoms with van der Waals surface area (Å²) in [6.45, 7) is 2.41. The van der Waals surface area contributed by atoms with Crippen molar-refractivity contribution in [3.63, 3.8) is 0 Å². The van der Waals surface area contributed by atoms with Crippen molar-refractivity contribution in [1.29, 1.82) is 0 Å². The monoisotopic (exact) mass is 277 g/mol. The number of hydrogen-bond acceptors (Lipinski definition) is 4. The average molecular weight is 278 g/mol. The number of hydrazine groups is 1. The molecule has 3 N–H and O–H groups in total. The Hall–Kier alpha value is -1.62. The molecule has 5 heteroatoms. The molecule has 0 aliphatic heterocycles. The van der Waals surface area contributed by atoms with E-state index in [2.05, 4.69) is 10.4 Å². The van der Waals surface area contributed by atoms with Gasteiger partial charge < -0.3 is 4.74 Å². The molecular formula is C14H16ClN3O. The number of benzene rings is 1. The third-order valence-electron chi connectivity index (χ3n) is 2.73. The molecule has 0 radical (unpaired) electrons. The summed E-state index contributed by atoms with van der Waals surface area (Å²) in [5, 5.41) is 0.684. The zero-order chi connectivity index (χ0) is 13.7. The summed E-state index contributed by atoms with van der Waals surface area (Å²) < 4.78 is 5.68. The molecule has 0 spiro atoms.